The van der Waals surface area contributed by atoms with Crippen LogP contribution in [0.1, 0.15) is 17.9 Å². The lowest BCUT2D eigenvalue weighted by Crippen LogP contribution is -2.12. The first-order chi connectivity index (χ1) is 12.2. The van der Waals surface area contributed by atoms with Crippen LogP contribution < -0.4 is 10.1 Å². The predicted molar refractivity (Wildman–Crippen MR) is 94.4 cm³/mol. The van der Waals surface area contributed by atoms with Crippen molar-refractivity contribution in [1.82, 2.24) is 10.2 Å². The van der Waals surface area contributed by atoms with Crippen molar-refractivity contribution in [2.24, 2.45) is 0 Å². The van der Waals surface area contributed by atoms with Crippen LogP contribution in [0.15, 0.2) is 52.9 Å². The van der Waals surface area contributed by atoms with Gasteiger partial charge < -0.3 is 14.5 Å². The van der Waals surface area contributed by atoms with Crippen molar-refractivity contribution in [3.8, 4) is 17.2 Å². The van der Waals surface area contributed by atoms with Crippen molar-refractivity contribution >= 4 is 11.6 Å². The molecule has 0 radical (unpaired) electrons. The molecule has 1 aromatic heterocycles. The number of hydrogen-bond acceptors (Lipinski definition) is 5. The van der Waals surface area contributed by atoms with Gasteiger partial charge in [-0.15, -0.1) is 10.2 Å². The zero-order valence-electron chi connectivity index (χ0n) is 14.2. The third kappa shape index (κ3) is 4.23. The van der Waals surface area contributed by atoms with E-state index in [-0.39, 0.29) is 12.3 Å². The normalized spacial score (nSPS) is 10.5. The highest BCUT2D eigenvalue weighted by Crippen LogP contribution is 2.28. The van der Waals surface area contributed by atoms with E-state index in [4.69, 9.17) is 9.15 Å². The largest absolute Gasteiger partial charge is 0.496 e. The molecule has 25 heavy (non-hydrogen) atoms. The molecule has 3 aromatic rings. The highest BCUT2D eigenvalue weighted by atomic mass is 16.5. The molecule has 0 aliphatic carbocycles. The summed E-state index contributed by atoms with van der Waals surface area (Å²) in [7, 11) is 1.59. The van der Waals surface area contributed by atoms with Crippen molar-refractivity contribution in [2.75, 3.05) is 12.4 Å². The Kier molecular flexibility index (Phi) is 5.09. The maximum absolute atomic E-state index is 12.0. The summed E-state index contributed by atoms with van der Waals surface area (Å²) in [6.07, 6.45) is 0.640. The van der Waals surface area contributed by atoms with Gasteiger partial charge in [0.1, 0.15) is 5.75 Å². The summed E-state index contributed by atoms with van der Waals surface area (Å²) >= 11 is 0. The fourth-order valence-corrected chi connectivity index (χ4v) is 2.37. The SMILES string of the molecule is COc1ccccc1-c1nnc(CCC(=O)Nc2ccc(C)cc2)o1. The lowest BCUT2D eigenvalue weighted by atomic mass is 10.2. The average molecular weight is 337 g/mol. The van der Waals surface area contributed by atoms with Crippen LogP contribution >= 0.6 is 0 Å². The summed E-state index contributed by atoms with van der Waals surface area (Å²) in [5.41, 5.74) is 2.65. The maximum atomic E-state index is 12.0. The molecular weight excluding hydrogens is 318 g/mol. The van der Waals surface area contributed by atoms with E-state index in [0.29, 0.717) is 24.0 Å². The van der Waals surface area contributed by atoms with Gasteiger partial charge in [-0.3, -0.25) is 4.79 Å². The maximum Gasteiger partial charge on any atom is 0.251 e. The summed E-state index contributed by atoms with van der Waals surface area (Å²) < 4.78 is 10.9. The fraction of sp³-hybridized carbons (Fsp3) is 0.211. The molecule has 3 rings (SSSR count). The van der Waals surface area contributed by atoms with Gasteiger partial charge in [0.25, 0.3) is 5.89 Å². The minimum atomic E-state index is -0.0964. The van der Waals surface area contributed by atoms with Gasteiger partial charge in [-0.25, -0.2) is 0 Å². The van der Waals surface area contributed by atoms with Gasteiger partial charge in [-0.1, -0.05) is 29.8 Å². The van der Waals surface area contributed by atoms with Crippen LogP contribution in [0.5, 0.6) is 5.75 Å². The van der Waals surface area contributed by atoms with E-state index in [1.165, 1.54) is 0 Å². The minimum Gasteiger partial charge on any atom is -0.496 e. The molecule has 2 aromatic carbocycles. The summed E-state index contributed by atoms with van der Waals surface area (Å²) in [4.78, 5) is 12.0. The van der Waals surface area contributed by atoms with Crippen molar-refractivity contribution in [1.29, 1.82) is 0 Å². The van der Waals surface area contributed by atoms with Crippen LogP contribution in [-0.2, 0) is 11.2 Å². The van der Waals surface area contributed by atoms with E-state index in [0.717, 1.165) is 16.8 Å². The number of amides is 1. The lowest BCUT2D eigenvalue weighted by molar-refractivity contribution is -0.116. The molecule has 0 spiro atoms. The number of rotatable bonds is 6. The number of methoxy groups -OCH3 is 1. The van der Waals surface area contributed by atoms with E-state index in [2.05, 4.69) is 15.5 Å². The Bertz CT molecular complexity index is 856. The number of hydrogen-bond donors (Lipinski definition) is 1. The number of para-hydroxylation sites is 1. The first-order valence-corrected chi connectivity index (χ1v) is 7.98. The highest BCUT2D eigenvalue weighted by molar-refractivity contribution is 5.90. The number of aryl methyl sites for hydroxylation is 2. The van der Waals surface area contributed by atoms with E-state index < -0.39 is 0 Å². The summed E-state index contributed by atoms with van der Waals surface area (Å²) in [5.74, 6) is 1.36. The molecule has 6 heteroatoms. The summed E-state index contributed by atoms with van der Waals surface area (Å²) in [6.45, 7) is 2.00. The smallest absolute Gasteiger partial charge is 0.251 e. The molecule has 0 bridgehead atoms. The van der Waals surface area contributed by atoms with Crippen molar-refractivity contribution in [2.45, 2.75) is 19.8 Å². The quantitative estimate of drug-likeness (QED) is 0.743. The molecule has 0 atom stereocenters. The van der Waals surface area contributed by atoms with Crippen molar-refractivity contribution in [3.63, 3.8) is 0 Å². The third-order valence-electron chi connectivity index (χ3n) is 3.71. The Balaban J connectivity index is 1.60. The van der Waals surface area contributed by atoms with Crippen molar-refractivity contribution < 1.29 is 13.9 Å². The van der Waals surface area contributed by atoms with Crippen LogP contribution in [-0.4, -0.2) is 23.2 Å². The second kappa shape index (κ2) is 7.61. The molecule has 0 saturated heterocycles. The molecule has 128 valence electrons. The van der Waals surface area contributed by atoms with Crippen LogP contribution in [0, 0.1) is 6.92 Å². The molecular formula is C19H19N3O3. The van der Waals surface area contributed by atoms with Crippen molar-refractivity contribution in [3.05, 3.63) is 60.0 Å². The number of carbonyl (C=O) groups is 1. The highest BCUT2D eigenvalue weighted by Gasteiger charge is 2.14. The molecule has 0 fully saturated rings. The Morgan fingerprint density at radius 3 is 2.64 bits per heavy atom. The zero-order chi connectivity index (χ0) is 17.6. The zero-order valence-corrected chi connectivity index (χ0v) is 14.2. The fourth-order valence-electron chi connectivity index (χ4n) is 2.37. The van der Waals surface area contributed by atoms with Crippen LogP contribution in [0.25, 0.3) is 11.5 Å². The summed E-state index contributed by atoms with van der Waals surface area (Å²) in [5, 5.41) is 10.9. The van der Waals surface area contributed by atoms with E-state index in [1.807, 2.05) is 55.5 Å². The Hall–Kier alpha value is -3.15. The topological polar surface area (TPSA) is 77.2 Å². The van der Waals surface area contributed by atoms with Gasteiger partial charge >= 0.3 is 0 Å². The average Bonchev–Trinajstić information content (AvgIpc) is 3.11. The number of aromatic nitrogens is 2. The molecule has 1 N–H and O–H groups in total. The molecule has 6 nitrogen and oxygen atoms in total. The number of anilines is 1. The van der Waals surface area contributed by atoms with Crippen LogP contribution in [0.4, 0.5) is 5.69 Å². The number of benzene rings is 2. The van der Waals surface area contributed by atoms with Gasteiger partial charge in [0.05, 0.1) is 12.7 Å². The number of nitrogens with one attached hydrogen (secondary N) is 1. The number of nitrogens with zero attached hydrogens (tertiary/aromatic N) is 2. The van der Waals surface area contributed by atoms with Gasteiger partial charge in [-0.2, -0.15) is 0 Å². The number of ether oxygens (including phenoxy) is 1. The van der Waals surface area contributed by atoms with Crippen LogP contribution in [0.3, 0.4) is 0 Å². The van der Waals surface area contributed by atoms with Gasteiger partial charge in [0.2, 0.25) is 11.8 Å². The third-order valence-corrected chi connectivity index (χ3v) is 3.71. The Labute approximate surface area is 145 Å². The molecule has 0 aliphatic rings. The first-order valence-electron chi connectivity index (χ1n) is 7.98. The molecule has 0 aliphatic heterocycles. The monoisotopic (exact) mass is 337 g/mol. The molecule has 1 heterocycles. The van der Waals surface area contributed by atoms with E-state index >= 15 is 0 Å². The Morgan fingerprint density at radius 1 is 1.12 bits per heavy atom. The summed E-state index contributed by atoms with van der Waals surface area (Å²) in [6, 6.07) is 15.1. The number of carbonyl (C=O) groups excluding carboxylic acids is 1. The predicted octanol–water partition coefficient (Wildman–Crippen LogP) is 3.62. The first kappa shape index (κ1) is 16.7. The molecule has 1 amide bonds. The molecule has 0 saturated carbocycles. The lowest BCUT2D eigenvalue weighted by Gasteiger charge is -2.04. The second-order valence-corrected chi connectivity index (χ2v) is 5.62. The van der Waals surface area contributed by atoms with Gasteiger partial charge in [0, 0.05) is 18.5 Å². The van der Waals surface area contributed by atoms with Gasteiger partial charge in [-0.05, 0) is 31.2 Å². The second-order valence-electron chi connectivity index (χ2n) is 5.62. The Morgan fingerprint density at radius 2 is 1.88 bits per heavy atom. The molecule has 0 unspecified atom stereocenters. The standard InChI is InChI=1S/C19H19N3O3/c1-13-7-9-14(10-8-13)20-17(23)11-12-18-21-22-19(25-18)15-5-3-4-6-16(15)24-2/h3-10H,11-12H2,1-2H3,(H,20,23). The van der Waals surface area contributed by atoms with Gasteiger partial charge in [0.15, 0.2) is 0 Å². The van der Waals surface area contributed by atoms with Crippen LogP contribution in [0.2, 0.25) is 0 Å². The van der Waals surface area contributed by atoms with E-state index in [1.54, 1.807) is 7.11 Å². The minimum absolute atomic E-state index is 0.0964. The van der Waals surface area contributed by atoms with E-state index in [9.17, 15) is 4.79 Å².